The second-order valence-electron chi connectivity index (χ2n) is 5.20. The van der Waals surface area contributed by atoms with Crippen LogP contribution in [0, 0.1) is 0 Å². The number of methoxy groups -OCH3 is 2. The number of urea groups is 1. The average Bonchev–Trinajstić information content (AvgIpc) is 3.21. The highest BCUT2D eigenvalue weighted by Gasteiger charge is 2.23. The molecule has 1 aromatic carbocycles. The highest BCUT2D eigenvalue weighted by Crippen LogP contribution is 2.26. The van der Waals surface area contributed by atoms with Crippen molar-refractivity contribution in [3.8, 4) is 23.1 Å². The van der Waals surface area contributed by atoms with Gasteiger partial charge in [-0.05, 0) is 12.1 Å². The van der Waals surface area contributed by atoms with Crippen molar-refractivity contribution in [2.24, 2.45) is 0 Å². The van der Waals surface area contributed by atoms with Gasteiger partial charge in [-0.25, -0.2) is 22.9 Å². The normalized spacial score (nSPS) is 10.9. The summed E-state index contributed by atoms with van der Waals surface area (Å²) in [5, 5.41) is 2.22. The molecule has 0 saturated carbocycles. The van der Waals surface area contributed by atoms with E-state index >= 15 is 0 Å². The van der Waals surface area contributed by atoms with Gasteiger partial charge in [0.2, 0.25) is 17.7 Å². The minimum Gasteiger partial charge on any atom is -0.481 e. The maximum Gasteiger partial charge on any atom is 0.335 e. The Hall–Kier alpha value is -3.67. The molecule has 2 aromatic heterocycles. The zero-order chi connectivity index (χ0) is 20.1. The van der Waals surface area contributed by atoms with Gasteiger partial charge >= 0.3 is 6.03 Å². The molecule has 12 heteroatoms. The molecule has 2 N–H and O–H groups in total. The van der Waals surface area contributed by atoms with Crippen LogP contribution in [-0.2, 0) is 10.0 Å². The van der Waals surface area contributed by atoms with Gasteiger partial charge < -0.3 is 13.9 Å². The topological polar surface area (TPSA) is 146 Å². The van der Waals surface area contributed by atoms with Crippen molar-refractivity contribution < 1.29 is 27.1 Å². The molecule has 28 heavy (non-hydrogen) atoms. The van der Waals surface area contributed by atoms with Gasteiger partial charge in [0.15, 0.2) is 12.2 Å². The molecule has 0 aliphatic heterocycles. The number of oxazole rings is 1. The molecule has 3 aromatic rings. The molecule has 0 fully saturated rings. The van der Waals surface area contributed by atoms with Crippen molar-refractivity contribution in [3.63, 3.8) is 0 Å². The lowest BCUT2D eigenvalue weighted by molar-refractivity contribution is 0.256. The summed E-state index contributed by atoms with van der Waals surface area (Å²) in [7, 11) is -1.49. The highest BCUT2D eigenvalue weighted by molar-refractivity contribution is 7.90. The molecule has 11 nitrogen and oxygen atoms in total. The molecule has 0 spiro atoms. The van der Waals surface area contributed by atoms with Crippen molar-refractivity contribution in [3.05, 3.63) is 42.9 Å². The fourth-order valence-electron chi connectivity index (χ4n) is 2.23. The molecule has 0 bridgehead atoms. The van der Waals surface area contributed by atoms with Gasteiger partial charge in [0, 0.05) is 5.56 Å². The second kappa shape index (κ2) is 7.92. The van der Waals surface area contributed by atoms with Gasteiger partial charge in [0.25, 0.3) is 10.0 Å². The van der Waals surface area contributed by atoms with Crippen LogP contribution in [0.3, 0.4) is 0 Å². The summed E-state index contributed by atoms with van der Waals surface area (Å²) in [5.74, 6) is 0.288. The Morgan fingerprint density at radius 1 is 1.11 bits per heavy atom. The van der Waals surface area contributed by atoms with Gasteiger partial charge in [-0.1, -0.05) is 12.1 Å². The van der Waals surface area contributed by atoms with Crippen molar-refractivity contribution in [1.82, 2.24) is 19.7 Å². The molecular weight excluding hydrogens is 390 g/mol. The second-order valence-corrected chi connectivity index (χ2v) is 6.85. The molecular formula is C16H15N5O6S. The van der Waals surface area contributed by atoms with Crippen LogP contribution >= 0.6 is 0 Å². The lowest BCUT2D eigenvalue weighted by Crippen LogP contribution is -2.35. The first kappa shape index (κ1) is 19.1. The molecule has 146 valence electrons. The average molecular weight is 405 g/mol. The van der Waals surface area contributed by atoms with Crippen LogP contribution < -0.4 is 19.5 Å². The third-order valence-corrected chi connectivity index (χ3v) is 4.81. The SMILES string of the molecule is COc1cc(OC)nc(NC(=O)NS(=O)(=O)c2ccccc2-c2cnco2)n1. The Morgan fingerprint density at radius 2 is 1.79 bits per heavy atom. The third-order valence-electron chi connectivity index (χ3n) is 3.42. The van der Waals surface area contributed by atoms with Gasteiger partial charge in [0.1, 0.15) is 0 Å². The van der Waals surface area contributed by atoms with Crippen LogP contribution in [0.25, 0.3) is 11.3 Å². The largest absolute Gasteiger partial charge is 0.481 e. The molecule has 2 amide bonds. The number of ether oxygens (including phenoxy) is 2. The first-order chi connectivity index (χ1) is 13.4. The van der Waals surface area contributed by atoms with Gasteiger partial charge in [-0.15, -0.1) is 0 Å². The number of nitrogens with zero attached hydrogens (tertiary/aromatic N) is 3. The third kappa shape index (κ3) is 4.17. The molecule has 0 aliphatic rings. The molecule has 0 radical (unpaired) electrons. The maximum atomic E-state index is 12.7. The highest BCUT2D eigenvalue weighted by atomic mass is 32.2. The van der Waals surface area contributed by atoms with Gasteiger partial charge in [-0.2, -0.15) is 9.97 Å². The van der Waals surface area contributed by atoms with Crippen LogP contribution in [0.1, 0.15) is 0 Å². The number of benzene rings is 1. The van der Waals surface area contributed by atoms with Crippen molar-refractivity contribution in [2.45, 2.75) is 4.90 Å². The zero-order valence-electron chi connectivity index (χ0n) is 14.7. The number of nitrogens with one attached hydrogen (secondary N) is 2. The van der Waals surface area contributed by atoms with Crippen molar-refractivity contribution in [2.75, 3.05) is 19.5 Å². The Morgan fingerprint density at radius 3 is 2.39 bits per heavy atom. The van der Waals surface area contributed by atoms with E-state index in [4.69, 9.17) is 13.9 Å². The summed E-state index contributed by atoms with van der Waals surface area (Å²) in [6, 6.07) is 6.34. The summed E-state index contributed by atoms with van der Waals surface area (Å²) in [5.41, 5.74) is 0.250. The predicted molar refractivity (Wildman–Crippen MR) is 96.4 cm³/mol. The van der Waals surface area contributed by atoms with Crippen LogP contribution in [0.4, 0.5) is 10.7 Å². The zero-order valence-corrected chi connectivity index (χ0v) is 15.6. The number of carbonyl (C=O) groups excluding carboxylic acids is 1. The van der Waals surface area contributed by atoms with E-state index in [0.717, 1.165) is 0 Å². The van der Waals surface area contributed by atoms with Gasteiger partial charge in [-0.3, -0.25) is 5.32 Å². The summed E-state index contributed by atoms with van der Waals surface area (Å²) < 4.78 is 42.3. The number of sulfonamides is 1. The quantitative estimate of drug-likeness (QED) is 0.625. The lowest BCUT2D eigenvalue weighted by Gasteiger charge is -2.11. The standard InChI is InChI=1S/C16H15N5O6S/c1-25-13-7-14(26-2)19-15(18-13)20-16(22)21-28(23,24)12-6-4-3-5-10(12)11-8-17-9-27-11/h3-9H,1-2H3,(H2,18,19,20,21,22). The van der Waals surface area contributed by atoms with Crippen LogP contribution in [0.15, 0.2) is 52.2 Å². The number of hydrogen-bond donors (Lipinski definition) is 2. The predicted octanol–water partition coefficient (Wildman–Crippen LogP) is 1.66. The monoisotopic (exact) mass is 405 g/mol. The van der Waals surface area contributed by atoms with Crippen molar-refractivity contribution in [1.29, 1.82) is 0 Å². The number of amides is 2. The smallest absolute Gasteiger partial charge is 0.335 e. The summed E-state index contributed by atoms with van der Waals surface area (Å²) >= 11 is 0. The summed E-state index contributed by atoms with van der Waals surface area (Å²) in [6.07, 6.45) is 2.54. The number of aromatic nitrogens is 3. The number of hydrogen-bond acceptors (Lipinski definition) is 9. The summed E-state index contributed by atoms with van der Waals surface area (Å²) in [6.45, 7) is 0. The number of carbonyl (C=O) groups is 1. The van der Waals surface area contributed by atoms with Crippen LogP contribution in [0.2, 0.25) is 0 Å². The Kier molecular flexibility index (Phi) is 5.40. The van der Waals surface area contributed by atoms with E-state index in [1.54, 1.807) is 6.07 Å². The van der Waals surface area contributed by atoms with E-state index in [1.165, 1.54) is 51.1 Å². The van der Waals surface area contributed by atoms with E-state index in [0.29, 0.717) is 0 Å². The van der Waals surface area contributed by atoms with Crippen molar-refractivity contribution >= 4 is 22.0 Å². The van der Waals surface area contributed by atoms with E-state index < -0.39 is 16.1 Å². The minimum atomic E-state index is -4.24. The summed E-state index contributed by atoms with van der Waals surface area (Å²) in [4.78, 5) is 23.6. The fraction of sp³-hybridized carbons (Fsp3) is 0.125. The van der Waals surface area contributed by atoms with Crippen LogP contribution in [-0.4, -0.2) is 43.6 Å². The Balaban J connectivity index is 1.83. The molecule has 0 unspecified atom stereocenters. The maximum absolute atomic E-state index is 12.7. The first-order valence-corrected chi connectivity index (χ1v) is 9.20. The van der Waals surface area contributed by atoms with Gasteiger partial charge in [0.05, 0.1) is 31.4 Å². The molecule has 2 heterocycles. The van der Waals surface area contributed by atoms with E-state index in [9.17, 15) is 13.2 Å². The number of rotatable bonds is 6. The molecule has 0 aliphatic carbocycles. The first-order valence-electron chi connectivity index (χ1n) is 7.71. The Labute approximate surface area is 159 Å². The number of anilines is 1. The molecule has 0 atom stereocenters. The lowest BCUT2D eigenvalue weighted by atomic mass is 10.2. The molecule has 3 rings (SSSR count). The van der Waals surface area contributed by atoms with Crippen LogP contribution in [0.5, 0.6) is 11.8 Å². The fourth-order valence-corrected chi connectivity index (χ4v) is 3.35. The van der Waals surface area contributed by atoms with E-state index in [-0.39, 0.29) is 33.9 Å². The Bertz CT molecular complexity index is 1060. The minimum absolute atomic E-state index is 0.126. The van der Waals surface area contributed by atoms with E-state index in [1.807, 2.05) is 4.72 Å². The molecule has 0 saturated heterocycles. The van der Waals surface area contributed by atoms with E-state index in [2.05, 4.69) is 20.3 Å².